The number of carbonyl (C=O) groups excluding carboxylic acids is 1. The number of hydrogen-bond donors (Lipinski definition) is 0. The minimum Gasteiger partial charge on any atom is -0.489 e. The highest BCUT2D eigenvalue weighted by Gasteiger charge is 2.33. The number of rotatable bonds is 7. The Balaban J connectivity index is 1.50. The second-order valence-corrected chi connectivity index (χ2v) is 10.7. The topological polar surface area (TPSA) is 69.9 Å². The molecule has 5 rings (SSSR count). The molecule has 0 fully saturated rings. The first-order valence-corrected chi connectivity index (χ1v) is 13.8. The number of hydrogen-bond acceptors (Lipinski definition) is 6. The van der Waals surface area contributed by atoms with E-state index in [0.29, 0.717) is 43.0 Å². The molecule has 0 bridgehead atoms. The van der Waals surface area contributed by atoms with Gasteiger partial charge in [0.1, 0.15) is 12.4 Å². The highest BCUT2D eigenvalue weighted by atomic mass is 35.5. The maximum Gasteiger partial charge on any atom is 0.338 e. The van der Waals surface area contributed by atoms with Crippen molar-refractivity contribution < 1.29 is 14.3 Å². The van der Waals surface area contributed by atoms with Crippen LogP contribution in [0.25, 0.3) is 6.08 Å². The van der Waals surface area contributed by atoms with E-state index in [1.165, 1.54) is 11.3 Å². The number of thiazole rings is 1. The van der Waals surface area contributed by atoms with Crippen LogP contribution in [-0.4, -0.2) is 17.1 Å². The van der Waals surface area contributed by atoms with Crippen molar-refractivity contribution in [1.29, 1.82) is 0 Å². The molecule has 0 aliphatic carbocycles. The molecule has 6 nitrogen and oxygen atoms in total. The van der Waals surface area contributed by atoms with Crippen molar-refractivity contribution in [3.63, 3.8) is 0 Å². The van der Waals surface area contributed by atoms with Crippen molar-refractivity contribution in [1.82, 2.24) is 4.57 Å². The standard InChI is InChI=1S/C30H24Cl2N2O4S/c1-3-37-29(36)26-18(2)33-30-34(27(26)20-10-12-22(31)13-11-20)28(35)25(39-30)16-19-8-14-23(15-9-19)38-17-21-6-4-5-7-24(21)32/h4-16,27H,3,17H2,1-2H3/b25-16+. The molecule has 198 valence electrons. The van der Waals surface area contributed by atoms with Crippen LogP contribution in [0.15, 0.2) is 93.9 Å². The van der Waals surface area contributed by atoms with Crippen molar-refractivity contribution in [3.05, 3.63) is 130 Å². The monoisotopic (exact) mass is 578 g/mol. The molecule has 1 unspecified atom stereocenters. The average molecular weight is 580 g/mol. The van der Waals surface area contributed by atoms with Crippen LogP contribution in [0.3, 0.4) is 0 Å². The third-order valence-electron chi connectivity index (χ3n) is 6.23. The lowest BCUT2D eigenvalue weighted by Gasteiger charge is -2.24. The van der Waals surface area contributed by atoms with Gasteiger partial charge in [0.05, 0.1) is 28.5 Å². The number of carbonyl (C=O) groups is 1. The number of esters is 1. The van der Waals surface area contributed by atoms with Gasteiger partial charge in [0.25, 0.3) is 5.56 Å². The van der Waals surface area contributed by atoms with Gasteiger partial charge in [0.2, 0.25) is 0 Å². The van der Waals surface area contributed by atoms with Crippen LogP contribution >= 0.6 is 34.5 Å². The number of ether oxygens (including phenoxy) is 2. The van der Waals surface area contributed by atoms with Crippen LogP contribution in [0, 0.1) is 0 Å². The summed E-state index contributed by atoms with van der Waals surface area (Å²) < 4.78 is 13.2. The molecule has 1 aromatic heterocycles. The van der Waals surface area contributed by atoms with E-state index in [0.717, 1.165) is 16.7 Å². The number of allylic oxidation sites excluding steroid dienone is 1. The smallest absolute Gasteiger partial charge is 0.338 e. The van der Waals surface area contributed by atoms with Gasteiger partial charge in [-0.15, -0.1) is 0 Å². The highest BCUT2D eigenvalue weighted by Crippen LogP contribution is 2.31. The zero-order chi connectivity index (χ0) is 27.5. The quantitative estimate of drug-likeness (QED) is 0.264. The van der Waals surface area contributed by atoms with E-state index in [9.17, 15) is 9.59 Å². The molecular formula is C30H24Cl2N2O4S. The molecule has 9 heteroatoms. The summed E-state index contributed by atoms with van der Waals surface area (Å²) in [6, 6.07) is 21.4. The van der Waals surface area contributed by atoms with Gasteiger partial charge in [-0.2, -0.15) is 0 Å². The molecular weight excluding hydrogens is 555 g/mol. The minimum atomic E-state index is -0.680. The van der Waals surface area contributed by atoms with Crippen molar-refractivity contribution >= 4 is 46.6 Å². The fourth-order valence-corrected chi connectivity index (χ4v) is 5.70. The number of benzene rings is 3. The Morgan fingerprint density at radius 3 is 2.46 bits per heavy atom. The largest absolute Gasteiger partial charge is 0.489 e. The van der Waals surface area contributed by atoms with Crippen LogP contribution in [0.2, 0.25) is 10.0 Å². The Labute approximate surface area is 239 Å². The van der Waals surface area contributed by atoms with Gasteiger partial charge in [-0.05, 0) is 61.4 Å². The van der Waals surface area contributed by atoms with Crippen LogP contribution in [0.5, 0.6) is 5.75 Å². The first kappa shape index (κ1) is 26.9. The number of halogens is 2. The molecule has 39 heavy (non-hydrogen) atoms. The molecule has 0 spiro atoms. The Hall–Kier alpha value is -3.65. The molecule has 2 heterocycles. The van der Waals surface area contributed by atoms with E-state index in [1.807, 2.05) is 66.7 Å². The zero-order valence-corrected chi connectivity index (χ0v) is 23.5. The van der Waals surface area contributed by atoms with E-state index in [-0.39, 0.29) is 12.2 Å². The number of aromatic nitrogens is 1. The van der Waals surface area contributed by atoms with E-state index in [4.69, 9.17) is 32.7 Å². The second kappa shape index (κ2) is 11.6. The molecule has 0 radical (unpaired) electrons. The zero-order valence-electron chi connectivity index (χ0n) is 21.2. The fourth-order valence-electron chi connectivity index (χ4n) is 4.34. The average Bonchev–Trinajstić information content (AvgIpc) is 3.23. The summed E-state index contributed by atoms with van der Waals surface area (Å²) >= 11 is 13.6. The predicted octanol–water partition coefficient (Wildman–Crippen LogP) is 5.68. The van der Waals surface area contributed by atoms with Crippen LogP contribution in [0.1, 0.15) is 36.6 Å². The number of nitrogens with zero attached hydrogens (tertiary/aromatic N) is 2. The molecule has 4 aromatic rings. The summed E-state index contributed by atoms with van der Waals surface area (Å²) in [4.78, 5) is 31.8. The van der Waals surface area contributed by atoms with Gasteiger partial charge in [-0.25, -0.2) is 9.79 Å². The molecule has 0 amide bonds. The lowest BCUT2D eigenvalue weighted by molar-refractivity contribution is -0.139. The van der Waals surface area contributed by atoms with Crippen LogP contribution < -0.4 is 19.6 Å². The fraction of sp³-hybridized carbons (Fsp3) is 0.167. The maximum atomic E-state index is 13.7. The summed E-state index contributed by atoms with van der Waals surface area (Å²) in [7, 11) is 0. The molecule has 0 saturated carbocycles. The molecule has 1 atom stereocenters. The Kier molecular flexibility index (Phi) is 8.02. The van der Waals surface area contributed by atoms with Crippen molar-refractivity contribution in [3.8, 4) is 5.75 Å². The number of fused-ring (bicyclic) bond motifs is 1. The predicted molar refractivity (Wildman–Crippen MR) is 154 cm³/mol. The van der Waals surface area contributed by atoms with Crippen molar-refractivity contribution in [2.24, 2.45) is 4.99 Å². The second-order valence-electron chi connectivity index (χ2n) is 8.80. The van der Waals surface area contributed by atoms with Gasteiger partial charge < -0.3 is 9.47 Å². The molecule has 1 aliphatic heterocycles. The van der Waals surface area contributed by atoms with Crippen LogP contribution in [0.4, 0.5) is 0 Å². The lowest BCUT2D eigenvalue weighted by atomic mass is 9.96. The van der Waals surface area contributed by atoms with E-state index >= 15 is 0 Å². The third kappa shape index (κ3) is 5.71. The third-order valence-corrected chi connectivity index (χ3v) is 7.84. The molecule has 1 aliphatic rings. The lowest BCUT2D eigenvalue weighted by Crippen LogP contribution is -2.39. The van der Waals surface area contributed by atoms with Gasteiger partial charge >= 0.3 is 5.97 Å². The van der Waals surface area contributed by atoms with Crippen LogP contribution in [-0.2, 0) is 16.1 Å². The Morgan fingerprint density at radius 2 is 1.77 bits per heavy atom. The van der Waals surface area contributed by atoms with Gasteiger partial charge in [-0.1, -0.05) is 77.0 Å². The minimum absolute atomic E-state index is 0.214. The summed E-state index contributed by atoms with van der Waals surface area (Å²) in [6.45, 7) is 4.07. The molecule has 0 N–H and O–H groups in total. The summed E-state index contributed by atoms with van der Waals surface area (Å²) in [5.74, 6) is 0.186. The molecule has 3 aromatic carbocycles. The van der Waals surface area contributed by atoms with E-state index in [1.54, 1.807) is 30.5 Å². The SMILES string of the molecule is CCOC(=O)C1=C(C)N=c2s/c(=C/c3ccc(OCc4ccccc4Cl)cc3)c(=O)n2C1c1ccc(Cl)cc1. The van der Waals surface area contributed by atoms with E-state index in [2.05, 4.69) is 4.99 Å². The summed E-state index contributed by atoms with van der Waals surface area (Å²) in [5.41, 5.74) is 3.07. The Bertz CT molecular complexity index is 1740. The van der Waals surface area contributed by atoms with Crippen molar-refractivity contribution in [2.45, 2.75) is 26.5 Å². The van der Waals surface area contributed by atoms with Gasteiger partial charge in [-0.3, -0.25) is 9.36 Å². The Morgan fingerprint density at radius 1 is 1.05 bits per heavy atom. The summed E-state index contributed by atoms with van der Waals surface area (Å²) in [6.07, 6.45) is 1.81. The summed E-state index contributed by atoms with van der Waals surface area (Å²) in [5, 5.41) is 1.21. The molecule has 0 saturated heterocycles. The normalized spacial score (nSPS) is 15.1. The first-order chi connectivity index (χ1) is 18.9. The van der Waals surface area contributed by atoms with Gasteiger partial charge in [0.15, 0.2) is 4.80 Å². The van der Waals surface area contributed by atoms with E-state index < -0.39 is 12.0 Å². The highest BCUT2D eigenvalue weighted by molar-refractivity contribution is 7.07. The maximum absolute atomic E-state index is 13.7. The van der Waals surface area contributed by atoms with Gasteiger partial charge in [0, 0.05) is 15.6 Å². The van der Waals surface area contributed by atoms with Crippen molar-refractivity contribution in [2.75, 3.05) is 6.61 Å². The first-order valence-electron chi connectivity index (χ1n) is 12.3.